The zero-order chi connectivity index (χ0) is 13.1. The molecular weight excluding hydrogens is 242 g/mol. The molecule has 3 nitrogen and oxygen atoms in total. The Bertz CT molecular complexity index is 237. The van der Waals surface area contributed by atoms with E-state index < -0.39 is 18.3 Å². The van der Waals surface area contributed by atoms with Crippen molar-refractivity contribution in [2.75, 3.05) is 26.3 Å². The Labute approximate surface area is 97.7 Å². The summed E-state index contributed by atoms with van der Waals surface area (Å²) in [6.45, 7) is 3.82. The fourth-order valence-electron chi connectivity index (χ4n) is 1.90. The third-order valence-corrected chi connectivity index (χ3v) is 2.72. The van der Waals surface area contributed by atoms with Crippen LogP contribution < -0.4 is 0 Å². The molecule has 7 heteroatoms. The molecule has 0 aromatic heterocycles. The van der Waals surface area contributed by atoms with Crippen LogP contribution in [0.2, 0.25) is 0 Å². The second-order valence-corrected chi connectivity index (χ2v) is 3.76. The predicted molar refractivity (Wildman–Crippen MR) is 53.1 cm³/mol. The molecule has 1 fully saturated rings. The van der Waals surface area contributed by atoms with Gasteiger partial charge in [-0.25, -0.2) is 4.39 Å². The van der Waals surface area contributed by atoms with Gasteiger partial charge in [0.1, 0.15) is 0 Å². The molecule has 102 valence electrons. The van der Waals surface area contributed by atoms with Crippen LogP contribution in [0.3, 0.4) is 0 Å². The summed E-state index contributed by atoms with van der Waals surface area (Å²) in [5.41, 5.74) is 0. The van der Waals surface area contributed by atoms with Crippen LogP contribution in [0.15, 0.2) is 0 Å². The lowest BCUT2D eigenvalue weighted by Gasteiger charge is -2.46. The lowest BCUT2D eigenvalue weighted by Crippen LogP contribution is -2.64. The number of alkyl halides is 4. The molecule has 1 saturated heterocycles. The summed E-state index contributed by atoms with van der Waals surface area (Å²) in [4.78, 5) is 1.21. The molecule has 0 aromatic carbocycles. The molecule has 0 aromatic rings. The Morgan fingerprint density at radius 1 is 1.18 bits per heavy atom. The standard InChI is InChI=1S/C10H17F4NO2/c1-3-15(4-2)10(8(11)9(12,13)14)16-6-5-7-17-10/h8H,3-7H2,1-2H3. The molecule has 1 aliphatic heterocycles. The highest BCUT2D eigenvalue weighted by Gasteiger charge is 2.60. The molecule has 1 atom stereocenters. The maximum atomic E-state index is 13.7. The van der Waals surface area contributed by atoms with Crippen molar-refractivity contribution in [3.63, 3.8) is 0 Å². The summed E-state index contributed by atoms with van der Waals surface area (Å²) < 4.78 is 61.3. The van der Waals surface area contributed by atoms with Crippen molar-refractivity contribution >= 4 is 0 Å². The lowest BCUT2D eigenvalue weighted by molar-refractivity contribution is -0.399. The van der Waals surface area contributed by atoms with E-state index in [0.717, 1.165) is 0 Å². The van der Waals surface area contributed by atoms with E-state index in [1.165, 1.54) is 4.90 Å². The van der Waals surface area contributed by atoms with Gasteiger partial charge in [-0.05, 0) is 6.42 Å². The molecular formula is C10H17F4NO2. The zero-order valence-electron chi connectivity index (χ0n) is 9.89. The maximum absolute atomic E-state index is 13.7. The molecule has 1 unspecified atom stereocenters. The molecule has 0 bridgehead atoms. The van der Waals surface area contributed by atoms with Gasteiger partial charge in [0.25, 0.3) is 12.1 Å². The van der Waals surface area contributed by atoms with Gasteiger partial charge in [0.05, 0.1) is 13.2 Å². The SMILES string of the molecule is CCN(CC)C1(C(F)C(F)(F)F)OCCCO1. The monoisotopic (exact) mass is 259 g/mol. The van der Waals surface area contributed by atoms with E-state index in [-0.39, 0.29) is 26.3 Å². The molecule has 0 N–H and O–H groups in total. The predicted octanol–water partition coefficient (Wildman–Crippen LogP) is 2.32. The molecule has 1 aliphatic rings. The number of nitrogens with zero attached hydrogens (tertiary/aromatic N) is 1. The van der Waals surface area contributed by atoms with Crippen molar-refractivity contribution in [3.8, 4) is 0 Å². The topological polar surface area (TPSA) is 21.7 Å². The van der Waals surface area contributed by atoms with Gasteiger partial charge < -0.3 is 9.47 Å². The Kier molecular flexibility index (Phi) is 4.74. The first-order valence-corrected chi connectivity index (χ1v) is 5.62. The van der Waals surface area contributed by atoms with E-state index in [4.69, 9.17) is 9.47 Å². The molecule has 0 saturated carbocycles. The van der Waals surface area contributed by atoms with Crippen molar-refractivity contribution in [3.05, 3.63) is 0 Å². The molecule has 0 aliphatic carbocycles. The van der Waals surface area contributed by atoms with Gasteiger partial charge >= 0.3 is 6.18 Å². The Hall–Kier alpha value is -0.400. The van der Waals surface area contributed by atoms with Gasteiger partial charge in [-0.3, -0.25) is 4.90 Å². The van der Waals surface area contributed by atoms with Crippen LogP contribution >= 0.6 is 0 Å². The minimum absolute atomic E-state index is 0.0625. The highest BCUT2D eigenvalue weighted by atomic mass is 19.4. The lowest BCUT2D eigenvalue weighted by atomic mass is 10.2. The van der Waals surface area contributed by atoms with E-state index in [9.17, 15) is 17.6 Å². The molecule has 1 rings (SSSR count). The van der Waals surface area contributed by atoms with Crippen molar-refractivity contribution in [1.29, 1.82) is 0 Å². The van der Waals surface area contributed by atoms with Crippen LogP contribution in [-0.4, -0.2) is 49.5 Å². The van der Waals surface area contributed by atoms with Crippen LogP contribution in [0.1, 0.15) is 20.3 Å². The van der Waals surface area contributed by atoms with Crippen molar-refractivity contribution in [2.24, 2.45) is 0 Å². The minimum atomic E-state index is -5.00. The van der Waals surface area contributed by atoms with Gasteiger partial charge in [0.2, 0.25) is 0 Å². The largest absolute Gasteiger partial charge is 0.426 e. The summed E-state index contributed by atoms with van der Waals surface area (Å²) in [5.74, 6) is -2.32. The first kappa shape index (κ1) is 14.7. The van der Waals surface area contributed by atoms with E-state index >= 15 is 0 Å². The molecule has 17 heavy (non-hydrogen) atoms. The smallest absolute Gasteiger partial charge is 0.335 e. The third-order valence-electron chi connectivity index (χ3n) is 2.72. The summed E-state index contributed by atoms with van der Waals surface area (Å²) >= 11 is 0. The zero-order valence-corrected chi connectivity index (χ0v) is 9.89. The Morgan fingerprint density at radius 3 is 2.00 bits per heavy atom. The van der Waals surface area contributed by atoms with Crippen LogP contribution in [0.4, 0.5) is 17.6 Å². The quantitative estimate of drug-likeness (QED) is 0.723. The molecule has 1 heterocycles. The van der Waals surface area contributed by atoms with Gasteiger partial charge in [-0.2, -0.15) is 13.2 Å². The molecule has 0 amide bonds. The van der Waals surface area contributed by atoms with E-state index in [1.807, 2.05) is 0 Å². The fraction of sp³-hybridized carbons (Fsp3) is 1.00. The van der Waals surface area contributed by atoms with E-state index in [2.05, 4.69) is 0 Å². The first-order valence-electron chi connectivity index (χ1n) is 5.62. The van der Waals surface area contributed by atoms with E-state index in [0.29, 0.717) is 6.42 Å². The maximum Gasteiger partial charge on any atom is 0.426 e. The first-order chi connectivity index (χ1) is 7.88. The second-order valence-electron chi connectivity index (χ2n) is 3.76. The second kappa shape index (κ2) is 5.49. The van der Waals surface area contributed by atoms with Gasteiger partial charge in [-0.1, -0.05) is 13.8 Å². The minimum Gasteiger partial charge on any atom is -0.335 e. The Balaban J connectivity index is 3.00. The highest BCUT2D eigenvalue weighted by molar-refractivity contribution is 4.86. The average molecular weight is 259 g/mol. The summed E-state index contributed by atoms with van der Waals surface area (Å²) in [6.07, 6.45) is -7.71. The molecule has 0 radical (unpaired) electrons. The van der Waals surface area contributed by atoms with Crippen molar-refractivity contribution in [2.45, 2.75) is 38.5 Å². The number of hydrogen-bond acceptors (Lipinski definition) is 3. The van der Waals surface area contributed by atoms with Crippen molar-refractivity contribution < 1.29 is 27.0 Å². The molecule has 0 spiro atoms. The number of rotatable bonds is 4. The number of hydrogen-bond donors (Lipinski definition) is 0. The summed E-state index contributed by atoms with van der Waals surface area (Å²) in [5, 5.41) is 0. The fourth-order valence-corrected chi connectivity index (χ4v) is 1.90. The van der Waals surface area contributed by atoms with E-state index in [1.54, 1.807) is 13.8 Å². The van der Waals surface area contributed by atoms with Crippen molar-refractivity contribution in [1.82, 2.24) is 4.90 Å². The van der Waals surface area contributed by atoms with Gasteiger partial charge in [-0.15, -0.1) is 0 Å². The third kappa shape index (κ3) is 2.89. The summed E-state index contributed by atoms with van der Waals surface area (Å²) in [7, 11) is 0. The highest BCUT2D eigenvalue weighted by Crippen LogP contribution is 2.38. The van der Waals surface area contributed by atoms with Crippen LogP contribution in [0.5, 0.6) is 0 Å². The Morgan fingerprint density at radius 2 is 1.65 bits per heavy atom. The van der Waals surface area contributed by atoms with Crippen LogP contribution in [-0.2, 0) is 9.47 Å². The van der Waals surface area contributed by atoms with Gasteiger partial charge in [0.15, 0.2) is 0 Å². The summed E-state index contributed by atoms with van der Waals surface area (Å²) in [6, 6.07) is 0. The van der Waals surface area contributed by atoms with Gasteiger partial charge in [0, 0.05) is 13.1 Å². The number of ether oxygens (including phenoxy) is 2. The number of halogens is 4. The normalized spacial score (nSPS) is 22.8. The average Bonchev–Trinajstić information content (AvgIpc) is 2.29. The van der Waals surface area contributed by atoms with Crippen LogP contribution in [0, 0.1) is 0 Å². The van der Waals surface area contributed by atoms with Crippen LogP contribution in [0.25, 0.3) is 0 Å².